The van der Waals surface area contributed by atoms with Crippen molar-refractivity contribution in [3.8, 4) is 78.3 Å². The summed E-state index contributed by atoms with van der Waals surface area (Å²) in [7, 11) is 0. The van der Waals surface area contributed by atoms with Crippen LogP contribution in [0.15, 0.2) is 253 Å². The molecule has 364 valence electrons. The van der Waals surface area contributed by atoms with E-state index in [1.54, 1.807) is 0 Å². The van der Waals surface area contributed by atoms with Crippen LogP contribution in [-0.2, 0) is 0 Å². The molecule has 0 aliphatic heterocycles. The summed E-state index contributed by atoms with van der Waals surface area (Å²) < 4.78 is 0. The molecule has 1 saturated carbocycles. The molecule has 0 amide bonds. The predicted octanol–water partition coefficient (Wildman–Crippen LogP) is 18.6. The lowest BCUT2D eigenvalue weighted by atomic mass is 9.85. The highest BCUT2D eigenvalue weighted by molar-refractivity contribution is 6.16. The Morgan fingerprint density at radius 2 is 0.618 bits per heavy atom. The summed E-state index contributed by atoms with van der Waals surface area (Å²) in [6.07, 6.45) is 7.56. The minimum atomic E-state index is -0.124. The van der Waals surface area contributed by atoms with Crippen LogP contribution in [0.5, 0.6) is 11.5 Å². The van der Waals surface area contributed by atoms with E-state index in [-0.39, 0.29) is 23.6 Å². The zero-order chi connectivity index (χ0) is 51.0. The van der Waals surface area contributed by atoms with Crippen molar-refractivity contribution < 1.29 is 10.2 Å². The van der Waals surface area contributed by atoms with Crippen LogP contribution in [0.2, 0.25) is 0 Å². The Morgan fingerprint density at radius 1 is 0.303 bits per heavy atom. The van der Waals surface area contributed by atoms with E-state index >= 15 is 0 Å². The van der Waals surface area contributed by atoms with Gasteiger partial charge in [-0.2, -0.15) is 0 Å². The molecule has 0 spiro atoms. The van der Waals surface area contributed by atoms with Crippen molar-refractivity contribution in [1.29, 1.82) is 0 Å². The number of phenols is 2. The van der Waals surface area contributed by atoms with Gasteiger partial charge in [0.15, 0.2) is 0 Å². The normalized spacial score (nSPS) is 14.9. The fraction of sp³-hybridized carbons (Fsp3) is 0.0833. The van der Waals surface area contributed by atoms with Crippen LogP contribution >= 0.6 is 0 Å². The fourth-order valence-corrected chi connectivity index (χ4v) is 11.7. The van der Waals surface area contributed by atoms with E-state index in [1.165, 1.54) is 11.1 Å². The Kier molecular flexibility index (Phi) is 12.3. The number of fused-ring (bicyclic) bond motifs is 4. The minimum absolute atomic E-state index is 0.124. The highest BCUT2D eigenvalue weighted by atomic mass is 16.3. The third-order valence-electron chi connectivity index (χ3n) is 15.6. The molecule has 2 N–H and O–H groups in total. The molecule has 2 atom stereocenters. The van der Waals surface area contributed by atoms with Crippen molar-refractivity contribution in [1.82, 2.24) is 0 Å². The number of aliphatic imine (C=N–C) groups is 2. The van der Waals surface area contributed by atoms with Gasteiger partial charge in [0.25, 0.3) is 0 Å². The number of benzene rings is 12. The monoisotopic (exact) mass is 978 g/mol. The van der Waals surface area contributed by atoms with E-state index in [9.17, 15) is 10.2 Å². The highest BCUT2D eigenvalue weighted by Gasteiger charge is 2.26. The first-order valence-corrected chi connectivity index (χ1v) is 26.5. The van der Waals surface area contributed by atoms with Gasteiger partial charge in [-0.05, 0) is 113 Å². The summed E-state index contributed by atoms with van der Waals surface area (Å²) in [6, 6.07) is 84.6. The SMILES string of the molecule is Oc1c(C=N[C@H]2CCCC[C@@H]2N=Cc2cc3ccccc3c(-c3c(-c4ccc(-c5ccccc5)cc4)ccc4ccccc34)c2O)cc2ccccc2c1-c1c(-c2ccc(-c3ccccc3)cc2)ccc2ccccc12. The lowest BCUT2D eigenvalue weighted by Gasteiger charge is -2.26. The van der Waals surface area contributed by atoms with Gasteiger partial charge in [-0.15, -0.1) is 0 Å². The highest BCUT2D eigenvalue weighted by Crippen LogP contribution is 2.49. The molecular formula is C72H54N2O2. The summed E-state index contributed by atoms with van der Waals surface area (Å²) in [5, 5.41) is 33.8. The molecule has 13 rings (SSSR count). The van der Waals surface area contributed by atoms with Crippen molar-refractivity contribution in [2.24, 2.45) is 9.98 Å². The van der Waals surface area contributed by atoms with E-state index in [0.717, 1.165) is 124 Å². The first-order valence-electron chi connectivity index (χ1n) is 26.5. The summed E-state index contributed by atoms with van der Waals surface area (Å²) in [4.78, 5) is 10.6. The van der Waals surface area contributed by atoms with Gasteiger partial charge >= 0.3 is 0 Å². The number of rotatable bonds is 10. The summed E-state index contributed by atoms with van der Waals surface area (Å²) in [6.45, 7) is 0. The number of nitrogens with zero attached hydrogens (tertiary/aromatic N) is 2. The first-order chi connectivity index (χ1) is 37.5. The van der Waals surface area contributed by atoms with Crippen LogP contribution in [0.3, 0.4) is 0 Å². The quantitative estimate of drug-likeness (QED) is 0.134. The zero-order valence-electron chi connectivity index (χ0n) is 42.0. The number of phenolic OH excluding ortho intramolecular Hbond substituents is 2. The van der Waals surface area contributed by atoms with Crippen LogP contribution in [-0.4, -0.2) is 34.7 Å². The zero-order valence-corrected chi connectivity index (χ0v) is 42.0. The van der Waals surface area contributed by atoms with E-state index in [0.29, 0.717) is 11.1 Å². The van der Waals surface area contributed by atoms with Gasteiger partial charge < -0.3 is 10.2 Å². The van der Waals surface area contributed by atoms with Crippen LogP contribution < -0.4 is 0 Å². The average molecular weight is 979 g/mol. The molecule has 76 heavy (non-hydrogen) atoms. The van der Waals surface area contributed by atoms with Gasteiger partial charge in [-0.1, -0.05) is 243 Å². The molecule has 1 fully saturated rings. The van der Waals surface area contributed by atoms with Gasteiger partial charge in [0.05, 0.1) is 12.1 Å². The van der Waals surface area contributed by atoms with Gasteiger partial charge in [0.1, 0.15) is 11.5 Å². The van der Waals surface area contributed by atoms with Gasteiger partial charge in [0, 0.05) is 45.8 Å². The van der Waals surface area contributed by atoms with Crippen LogP contribution in [0.4, 0.5) is 0 Å². The molecule has 12 aromatic rings. The molecule has 0 bridgehead atoms. The standard InChI is InChI=1S/C72H54N2O2/c75-71-57(43-55-23-9-13-27-61(55)69(71)67-59-25-11-7-21-51(59)39-41-63(67)53-35-31-49(32-36-53)47-17-3-1-4-18-47)45-73-65-29-15-16-30-66(65)74-46-58-44-56-24-10-14-28-62(56)70(72(58)76)68-60-26-12-8-22-52(60)40-42-64(68)54-37-33-50(34-38-54)48-19-5-2-6-20-48/h1-14,17-28,31-46,65-66,75-76H,15-16,29-30H2/t65-,66-/m0/s1. The molecule has 1 aliphatic rings. The topological polar surface area (TPSA) is 65.2 Å². The average Bonchev–Trinajstić information content (AvgIpc) is 3.59. The smallest absolute Gasteiger partial charge is 0.132 e. The second-order valence-corrected chi connectivity index (χ2v) is 20.1. The lowest BCUT2D eigenvalue weighted by Crippen LogP contribution is -2.27. The Bertz CT molecular complexity index is 3910. The van der Waals surface area contributed by atoms with Crippen molar-refractivity contribution in [2.45, 2.75) is 37.8 Å². The van der Waals surface area contributed by atoms with Gasteiger partial charge in [0.2, 0.25) is 0 Å². The van der Waals surface area contributed by atoms with E-state index in [2.05, 4.69) is 218 Å². The van der Waals surface area contributed by atoms with Crippen LogP contribution in [0, 0.1) is 0 Å². The maximum absolute atomic E-state index is 12.7. The molecule has 0 heterocycles. The minimum Gasteiger partial charge on any atom is -0.507 e. The number of aromatic hydroxyl groups is 2. The third kappa shape index (κ3) is 8.68. The molecule has 12 aromatic carbocycles. The van der Waals surface area contributed by atoms with Crippen molar-refractivity contribution in [3.05, 3.63) is 254 Å². The second-order valence-electron chi connectivity index (χ2n) is 20.1. The van der Waals surface area contributed by atoms with Crippen LogP contribution in [0.1, 0.15) is 36.8 Å². The largest absolute Gasteiger partial charge is 0.507 e. The third-order valence-corrected chi connectivity index (χ3v) is 15.6. The van der Waals surface area contributed by atoms with Gasteiger partial charge in [-0.3, -0.25) is 9.98 Å². The Hall–Kier alpha value is -9.38. The van der Waals surface area contributed by atoms with Crippen molar-refractivity contribution in [2.75, 3.05) is 0 Å². The molecule has 0 unspecified atom stereocenters. The predicted molar refractivity (Wildman–Crippen MR) is 320 cm³/mol. The molecule has 4 nitrogen and oxygen atoms in total. The maximum atomic E-state index is 12.7. The molecular weight excluding hydrogens is 925 g/mol. The lowest BCUT2D eigenvalue weighted by molar-refractivity contribution is 0.390. The van der Waals surface area contributed by atoms with Crippen LogP contribution in [0.25, 0.3) is 110 Å². The molecule has 1 aliphatic carbocycles. The number of hydrogen-bond acceptors (Lipinski definition) is 4. The molecule has 4 heteroatoms. The number of hydrogen-bond donors (Lipinski definition) is 2. The molecule has 0 radical (unpaired) electrons. The summed E-state index contributed by atoms with van der Waals surface area (Å²) in [5.74, 6) is 0.399. The second kappa shape index (κ2) is 20.1. The Balaban J connectivity index is 0.881. The summed E-state index contributed by atoms with van der Waals surface area (Å²) in [5.41, 5.74) is 13.8. The Morgan fingerprint density at radius 3 is 1.01 bits per heavy atom. The van der Waals surface area contributed by atoms with E-state index in [1.807, 2.05) is 36.7 Å². The summed E-state index contributed by atoms with van der Waals surface area (Å²) >= 11 is 0. The molecule has 0 aromatic heterocycles. The van der Waals surface area contributed by atoms with Crippen molar-refractivity contribution in [3.63, 3.8) is 0 Å². The fourth-order valence-electron chi connectivity index (χ4n) is 11.7. The van der Waals surface area contributed by atoms with Gasteiger partial charge in [-0.25, -0.2) is 0 Å². The Labute approximate surface area is 443 Å². The molecule has 0 saturated heterocycles. The van der Waals surface area contributed by atoms with Crippen molar-refractivity contribution >= 4 is 55.5 Å². The maximum Gasteiger partial charge on any atom is 0.132 e. The van der Waals surface area contributed by atoms with E-state index < -0.39 is 0 Å². The van der Waals surface area contributed by atoms with E-state index in [4.69, 9.17) is 9.98 Å². The first kappa shape index (κ1) is 46.4.